The van der Waals surface area contributed by atoms with E-state index in [2.05, 4.69) is 20.3 Å². The molecule has 3 aromatic rings. The van der Waals surface area contributed by atoms with Crippen molar-refractivity contribution in [2.24, 2.45) is 0 Å². The number of anilines is 1. The molecule has 2 heterocycles. The van der Waals surface area contributed by atoms with Crippen LogP contribution >= 0.6 is 11.6 Å². The highest BCUT2D eigenvalue weighted by Crippen LogP contribution is 2.35. The van der Waals surface area contributed by atoms with Gasteiger partial charge < -0.3 is 5.32 Å². The summed E-state index contributed by atoms with van der Waals surface area (Å²) in [7, 11) is 0. The fourth-order valence-electron chi connectivity index (χ4n) is 2.34. The van der Waals surface area contributed by atoms with Gasteiger partial charge in [0.05, 0.1) is 34.2 Å². The number of hydrogen-bond acceptors (Lipinski definition) is 4. The lowest BCUT2D eigenvalue weighted by Gasteiger charge is -2.10. The van der Waals surface area contributed by atoms with Crippen LogP contribution in [0.4, 0.5) is 19.0 Å². The summed E-state index contributed by atoms with van der Waals surface area (Å²) in [4.78, 5) is 24.3. The summed E-state index contributed by atoms with van der Waals surface area (Å²) in [6, 6.07) is 6.20. The molecule has 0 fully saturated rings. The van der Waals surface area contributed by atoms with Crippen LogP contribution in [0.25, 0.3) is 11.3 Å². The summed E-state index contributed by atoms with van der Waals surface area (Å²) in [6.07, 6.45) is -0.440. The smallest absolute Gasteiger partial charge is 0.305 e. The van der Waals surface area contributed by atoms with Crippen molar-refractivity contribution < 1.29 is 18.0 Å². The molecule has 0 aliphatic heterocycles. The molecule has 0 bridgehead atoms. The Kier molecular flexibility index (Phi) is 5.09. The minimum atomic E-state index is -4.50. The summed E-state index contributed by atoms with van der Waals surface area (Å²) in [5.74, 6) is -0.269. The SMILES string of the molecule is Cc1ncccc1C(=O)Nc1cnc(-c2cc(C(F)(F)F)ccc2Cl)cn1. The Bertz CT molecular complexity index is 991. The quantitative estimate of drug-likeness (QED) is 0.697. The third kappa shape index (κ3) is 4.22. The molecule has 0 aliphatic rings. The molecule has 5 nitrogen and oxygen atoms in total. The fourth-order valence-corrected chi connectivity index (χ4v) is 2.55. The van der Waals surface area contributed by atoms with Crippen LogP contribution in [0, 0.1) is 6.92 Å². The summed E-state index contributed by atoms with van der Waals surface area (Å²) in [5, 5.41) is 2.67. The monoisotopic (exact) mass is 392 g/mol. The van der Waals surface area contributed by atoms with E-state index < -0.39 is 17.6 Å². The lowest BCUT2D eigenvalue weighted by Crippen LogP contribution is -2.15. The maximum Gasteiger partial charge on any atom is 0.416 e. The second-order valence-electron chi connectivity index (χ2n) is 5.57. The number of halogens is 4. The summed E-state index contributed by atoms with van der Waals surface area (Å²) < 4.78 is 38.7. The van der Waals surface area contributed by atoms with Crippen LogP contribution in [0.5, 0.6) is 0 Å². The van der Waals surface area contributed by atoms with Crippen LogP contribution in [0.2, 0.25) is 5.02 Å². The van der Waals surface area contributed by atoms with E-state index in [0.29, 0.717) is 11.3 Å². The van der Waals surface area contributed by atoms with E-state index >= 15 is 0 Å². The molecule has 0 radical (unpaired) electrons. The maximum absolute atomic E-state index is 12.9. The third-order valence-electron chi connectivity index (χ3n) is 3.71. The molecular formula is C18H12ClF3N4O. The van der Waals surface area contributed by atoms with E-state index in [1.54, 1.807) is 25.3 Å². The Balaban J connectivity index is 1.84. The Hall–Kier alpha value is -3.00. The van der Waals surface area contributed by atoms with Gasteiger partial charge in [0.2, 0.25) is 0 Å². The van der Waals surface area contributed by atoms with E-state index in [1.165, 1.54) is 12.4 Å². The standard InChI is InChI=1S/C18H12ClF3N4O/c1-10-12(3-2-6-23-10)17(27)26-16-9-24-15(8-25-16)13-7-11(18(20,21)22)4-5-14(13)19/h2-9H,1H3,(H,25,26,27). The van der Waals surface area contributed by atoms with Gasteiger partial charge in [-0.2, -0.15) is 13.2 Å². The van der Waals surface area contributed by atoms with Crippen molar-refractivity contribution in [3.63, 3.8) is 0 Å². The minimum Gasteiger partial charge on any atom is -0.305 e. The molecular weight excluding hydrogens is 381 g/mol. The van der Waals surface area contributed by atoms with Crippen molar-refractivity contribution in [1.82, 2.24) is 15.0 Å². The van der Waals surface area contributed by atoms with Crippen molar-refractivity contribution in [2.45, 2.75) is 13.1 Å². The van der Waals surface area contributed by atoms with Gasteiger partial charge in [0.1, 0.15) is 0 Å². The molecule has 0 aliphatic carbocycles. The van der Waals surface area contributed by atoms with Gasteiger partial charge >= 0.3 is 6.18 Å². The second kappa shape index (κ2) is 7.32. The molecule has 3 rings (SSSR count). The number of nitrogens with zero attached hydrogens (tertiary/aromatic N) is 3. The number of carbonyl (C=O) groups excluding carboxylic acids is 1. The van der Waals surface area contributed by atoms with Crippen molar-refractivity contribution in [2.75, 3.05) is 5.32 Å². The zero-order valence-electron chi connectivity index (χ0n) is 13.9. The second-order valence-corrected chi connectivity index (χ2v) is 5.98. The molecule has 2 aromatic heterocycles. The topological polar surface area (TPSA) is 67.8 Å². The number of benzene rings is 1. The van der Waals surface area contributed by atoms with Crippen LogP contribution in [-0.2, 0) is 6.18 Å². The van der Waals surface area contributed by atoms with Crippen LogP contribution in [0.1, 0.15) is 21.6 Å². The van der Waals surface area contributed by atoms with Gasteiger partial charge in [-0.3, -0.25) is 14.8 Å². The third-order valence-corrected chi connectivity index (χ3v) is 4.04. The number of amides is 1. The average Bonchev–Trinajstić information content (AvgIpc) is 2.62. The minimum absolute atomic E-state index is 0.0972. The Morgan fingerprint density at radius 1 is 1.11 bits per heavy atom. The lowest BCUT2D eigenvalue weighted by atomic mass is 10.1. The predicted octanol–water partition coefficient (Wildman–Crippen LogP) is 4.77. The number of rotatable bonds is 3. The van der Waals surface area contributed by atoms with Crippen molar-refractivity contribution >= 4 is 23.3 Å². The van der Waals surface area contributed by atoms with E-state index in [9.17, 15) is 18.0 Å². The zero-order chi connectivity index (χ0) is 19.6. The van der Waals surface area contributed by atoms with E-state index in [-0.39, 0.29) is 22.1 Å². The number of carbonyl (C=O) groups is 1. The number of aromatic nitrogens is 3. The molecule has 27 heavy (non-hydrogen) atoms. The molecule has 1 aromatic carbocycles. The molecule has 9 heteroatoms. The van der Waals surface area contributed by atoms with Crippen molar-refractivity contribution in [3.05, 3.63) is 70.8 Å². The van der Waals surface area contributed by atoms with Gasteiger partial charge in [0, 0.05) is 17.5 Å². The molecule has 138 valence electrons. The Labute approximate surface area is 157 Å². The fraction of sp³-hybridized carbons (Fsp3) is 0.111. The summed E-state index contributed by atoms with van der Waals surface area (Å²) in [5.41, 5.74) is 0.342. The van der Waals surface area contributed by atoms with E-state index in [4.69, 9.17) is 11.6 Å². The number of aryl methyl sites for hydroxylation is 1. The van der Waals surface area contributed by atoms with Crippen LogP contribution < -0.4 is 5.32 Å². The average molecular weight is 393 g/mol. The number of pyridine rings is 1. The first-order valence-electron chi connectivity index (χ1n) is 7.68. The van der Waals surface area contributed by atoms with Crippen molar-refractivity contribution in [3.8, 4) is 11.3 Å². The highest BCUT2D eigenvalue weighted by molar-refractivity contribution is 6.33. The predicted molar refractivity (Wildman–Crippen MR) is 94.4 cm³/mol. The van der Waals surface area contributed by atoms with Gasteiger partial charge in [0.15, 0.2) is 5.82 Å². The first-order chi connectivity index (χ1) is 12.8. The molecule has 1 N–H and O–H groups in total. The molecule has 1 amide bonds. The lowest BCUT2D eigenvalue weighted by molar-refractivity contribution is -0.137. The molecule has 0 saturated heterocycles. The largest absolute Gasteiger partial charge is 0.416 e. The van der Waals surface area contributed by atoms with Gasteiger partial charge in [-0.15, -0.1) is 0 Å². The van der Waals surface area contributed by atoms with Gasteiger partial charge in [-0.05, 0) is 37.3 Å². The first-order valence-corrected chi connectivity index (χ1v) is 8.05. The van der Waals surface area contributed by atoms with Gasteiger partial charge in [0.25, 0.3) is 5.91 Å². The first kappa shape index (κ1) is 18.8. The maximum atomic E-state index is 12.9. The number of alkyl halides is 3. The van der Waals surface area contributed by atoms with Gasteiger partial charge in [-0.25, -0.2) is 4.98 Å². The van der Waals surface area contributed by atoms with Crippen molar-refractivity contribution in [1.29, 1.82) is 0 Å². The van der Waals surface area contributed by atoms with E-state index in [1.807, 2.05) is 0 Å². The molecule has 0 unspecified atom stereocenters. The van der Waals surface area contributed by atoms with Gasteiger partial charge in [-0.1, -0.05) is 11.6 Å². The number of nitrogens with one attached hydrogen (secondary N) is 1. The highest BCUT2D eigenvalue weighted by atomic mass is 35.5. The normalized spacial score (nSPS) is 11.3. The number of hydrogen-bond donors (Lipinski definition) is 1. The highest BCUT2D eigenvalue weighted by Gasteiger charge is 2.31. The summed E-state index contributed by atoms with van der Waals surface area (Å²) >= 11 is 5.99. The van der Waals surface area contributed by atoms with Crippen LogP contribution in [0.3, 0.4) is 0 Å². The Morgan fingerprint density at radius 3 is 2.52 bits per heavy atom. The Morgan fingerprint density at radius 2 is 1.89 bits per heavy atom. The molecule has 0 atom stereocenters. The van der Waals surface area contributed by atoms with Crippen LogP contribution in [-0.4, -0.2) is 20.9 Å². The van der Waals surface area contributed by atoms with E-state index in [0.717, 1.165) is 18.2 Å². The van der Waals surface area contributed by atoms with Crippen LogP contribution in [0.15, 0.2) is 48.9 Å². The summed E-state index contributed by atoms with van der Waals surface area (Å²) in [6.45, 7) is 1.69. The molecule has 0 saturated carbocycles. The zero-order valence-corrected chi connectivity index (χ0v) is 14.6. The molecule has 0 spiro atoms.